The molecule has 1 aliphatic rings. The second-order valence-electron chi connectivity index (χ2n) is 6.11. The Morgan fingerprint density at radius 2 is 2.00 bits per heavy atom. The zero-order valence-electron chi connectivity index (χ0n) is 14.8. The van der Waals surface area contributed by atoms with Crippen LogP contribution in [0.4, 0.5) is 0 Å². The first-order valence-electron chi connectivity index (χ1n) is 8.47. The molecule has 0 radical (unpaired) electrons. The van der Waals surface area contributed by atoms with E-state index in [1.54, 1.807) is 7.11 Å². The fraction of sp³-hybridized carbons (Fsp3) is 0.611. The maximum absolute atomic E-state index is 12.8. The minimum absolute atomic E-state index is 0.00469. The second kappa shape index (κ2) is 9.01. The summed E-state index contributed by atoms with van der Waals surface area (Å²) in [4.78, 5) is 16.8. The molecule has 1 amide bonds. The van der Waals surface area contributed by atoms with Crippen LogP contribution < -0.4 is 4.74 Å². The van der Waals surface area contributed by atoms with Gasteiger partial charge in [-0.3, -0.25) is 9.69 Å². The molecule has 1 heterocycles. The number of β-amino-alcohol motifs (C(OH)–C–C–N with tert-alkyl or cyclic N) is 1. The van der Waals surface area contributed by atoms with E-state index in [2.05, 4.69) is 4.90 Å². The predicted molar refractivity (Wildman–Crippen MR) is 92.6 cm³/mol. The molecule has 0 unspecified atom stereocenters. The molecule has 134 valence electrons. The topological polar surface area (TPSA) is 62.2 Å². The molecule has 6 heteroatoms. The Morgan fingerprint density at radius 3 is 2.62 bits per heavy atom. The van der Waals surface area contributed by atoms with E-state index in [9.17, 15) is 9.90 Å². The lowest BCUT2D eigenvalue weighted by molar-refractivity contribution is 0.0111. The summed E-state index contributed by atoms with van der Waals surface area (Å²) in [6.45, 7) is 8.23. The first-order chi connectivity index (χ1) is 11.5. The van der Waals surface area contributed by atoms with Gasteiger partial charge < -0.3 is 19.5 Å². The molecule has 0 spiro atoms. The van der Waals surface area contributed by atoms with Crippen LogP contribution in [0.15, 0.2) is 18.2 Å². The lowest BCUT2D eigenvalue weighted by atomic mass is 10.1. The average Bonchev–Trinajstić information content (AvgIpc) is 2.60. The van der Waals surface area contributed by atoms with Crippen LogP contribution in [-0.2, 0) is 4.74 Å². The van der Waals surface area contributed by atoms with Gasteiger partial charge in [0.15, 0.2) is 0 Å². The number of aliphatic hydroxyl groups is 1. The van der Waals surface area contributed by atoms with E-state index in [1.807, 2.05) is 36.9 Å². The normalized spacial score (nSPS) is 16.9. The highest BCUT2D eigenvalue weighted by atomic mass is 16.5. The van der Waals surface area contributed by atoms with Gasteiger partial charge in [0.25, 0.3) is 5.91 Å². The summed E-state index contributed by atoms with van der Waals surface area (Å²) < 4.78 is 10.6. The Balaban J connectivity index is 1.90. The van der Waals surface area contributed by atoms with Crippen molar-refractivity contribution in [3.63, 3.8) is 0 Å². The quantitative estimate of drug-likeness (QED) is 0.810. The van der Waals surface area contributed by atoms with E-state index in [0.29, 0.717) is 44.2 Å². The highest BCUT2D eigenvalue weighted by Crippen LogP contribution is 2.22. The number of piperazine rings is 1. The summed E-state index contributed by atoms with van der Waals surface area (Å²) >= 11 is 0. The molecular formula is C18H28N2O4. The van der Waals surface area contributed by atoms with Gasteiger partial charge in [-0.15, -0.1) is 0 Å². The van der Waals surface area contributed by atoms with Gasteiger partial charge >= 0.3 is 0 Å². The molecule has 1 aromatic carbocycles. The van der Waals surface area contributed by atoms with Crippen molar-refractivity contribution in [2.45, 2.75) is 20.0 Å². The Bertz CT molecular complexity index is 542. The number of nitrogens with zero attached hydrogens (tertiary/aromatic N) is 2. The molecule has 1 N–H and O–H groups in total. The number of hydrogen-bond donors (Lipinski definition) is 1. The highest BCUT2D eigenvalue weighted by molar-refractivity contribution is 5.97. The average molecular weight is 336 g/mol. The van der Waals surface area contributed by atoms with Gasteiger partial charge in [0.2, 0.25) is 0 Å². The number of benzene rings is 1. The van der Waals surface area contributed by atoms with Gasteiger partial charge in [0.05, 0.1) is 25.4 Å². The van der Waals surface area contributed by atoms with Crippen LogP contribution in [0.5, 0.6) is 5.75 Å². The van der Waals surface area contributed by atoms with Crippen molar-refractivity contribution in [3.8, 4) is 5.75 Å². The summed E-state index contributed by atoms with van der Waals surface area (Å²) in [5, 5.41) is 9.92. The molecule has 1 aliphatic heterocycles. The van der Waals surface area contributed by atoms with E-state index >= 15 is 0 Å². The van der Waals surface area contributed by atoms with E-state index in [4.69, 9.17) is 9.47 Å². The lowest BCUT2D eigenvalue weighted by Gasteiger charge is -2.35. The highest BCUT2D eigenvalue weighted by Gasteiger charge is 2.25. The molecule has 24 heavy (non-hydrogen) atoms. The number of aliphatic hydroxyl groups excluding tert-OH is 1. The Labute approximate surface area is 144 Å². The number of methoxy groups -OCH3 is 1. The van der Waals surface area contributed by atoms with Crippen molar-refractivity contribution in [3.05, 3.63) is 29.3 Å². The monoisotopic (exact) mass is 336 g/mol. The fourth-order valence-corrected chi connectivity index (χ4v) is 2.90. The van der Waals surface area contributed by atoms with Crippen LogP contribution in [0.3, 0.4) is 0 Å². The minimum atomic E-state index is -0.482. The number of ether oxygens (including phenoxy) is 2. The number of carbonyl (C=O) groups excluding carboxylic acids is 1. The van der Waals surface area contributed by atoms with Crippen molar-refractivity contribution in [1.29, 1.82) is 0 Å². The third kappa shape index (κ3) is 4.93. The molecule has 1 atom stereocenters. The predicted octanol–water partition coefficient (Wildman–Crippen LogP) is 1.16. The number of rotatable bonds is 7. The van der Waals surface area contributed by atoms with Crippen molar-refractivity contribution in [1.82, 2.24) is 9.80 Å². The van der Waals surface area contributed by atoms with Crippen LogP contribution >= 0.6 is 0 Å². The molecule has 1 aromatic rings. The van der Waals surface area contributed by atoms with Gasteiger partial charge in [0, 0.05) is 39.3 Å². The van der Waals surface area contributed by atoms with Gasteiger partial charge in [-0.2, -0.15) is 0 Å². The molecule has 0 aromatic heterocycles. The first kappa shape index (κ1) is 18.7. The van der Waals surface area contributed by atoms with E-state index in [1.165, 1.54) is 0 Å². The smallest absolute Gasteiger partial charge is 0.257 e. The standard InChI is InChI=1S/C18H28N2O4/c1-4-24-13-15(21)12-19-7-9-20(10-8-19)18(22)16-11-14(2)5-6-17(16)23-3/h5-6,11,15,21H,4,7-10,12-13H2,1-3H3/t15-/m0/s1. The minimum Gasteiger partial charge on any atom is -0.496 e. The van der Waals surface area contributed by atoms with Crippen molar-refractivity contribution >= 4 is 5.91 Å². The van der Waals surface area contributed by atoms with Crippen molar-refractivity contribution < 1.29 is 19.4 Å². The summed E-state index contributed by atoms with van der Waals surface area (Å²) in [7, 11) is 1.58. The third-order valence-corrected chi connectivity index (χ3v) is 4.23. The molecule has 6 nitrogen and oxygen atoms in total. The molecule has 2 rings (SSSR count). The molecule has 0 aliphatic carbocycles. The number of carbonyl (C=O) groups is 1. The number of hydrogen-bond acceptors (Lipinski definition) is 5. The van der Waals surface area contributed by atoms with Crippen molar-refractivity contribution in [2.24, 2.45) is 0 Å². The van der Waals surface area contributed by atoms with Crippen LogP contribution in [0.25, 0.3) is 0 Å². The Hall–Kier alpha value is -1.63. The first-order valence-corrected chi connectivity index (χ1v) is 8.47. The molecule has 0 saturated carbocycles. The second-order valence-corrected chi connectivity index (χ2v) is 6.11. The van der Waals surface area contributed by atoms with E-state index < -0.39 is 6.10 Å². The number of amides is 1. The Morgan fingerprint density at radius 1 is 1.29 bits per heavy atom. The van der Waals surface area contributed by atoms with Gasteiger partial charge in [-0.1, -0.05) is 11.6 Å². The largest absolute Gasteiger partial charge is 0.496 e. The lowest BCUT2D eigenvalue weighted by Crippen LogP contribution is -2.50. The van der Waals surface area contributed by atoms with Gasteiger partial charge in [-0.05, 0) is 26.0 Å². The van der Waals surface area contributed by atoms with E-state index in [0.717, 1.165) is 18.7 Å². The molecule has 1 fully saturated rings. The summed E-state index contributed by atoms with van der Waals surface area (Å²) in [5.74, 6) is 0.616. The molecule has 1 saturated heterocycles. The van der Waals surface area contributed by atoms with Crippen LogP contribution in [-0.4, -0.2) is 80.0 Å². The van der Waals surface area contributed by atoms with Crippen LogP contribution in [0.1, 0.15) is 22.8 Å². The summed E-state index contributed by atoms with van der Waals surface area (Å²) in [5.41, 5.74) is 1.65. The zero-order valence-corrected chi connectivity index (χ0v) is 14.8. The SMILES string of the molecule is CCOC[C@@H](O)CN1CCN(C(=O)c2cc(C)ccc2OC)CC1. The number of aryl methyl sites for hydroxylation is 1. The zero-order chi connectivity index (χ0) is 17.5. The van der Waals surface area contributed by atoms with Crippen LogP contribution in [0.2, 0.25) is 0 Å². The Kier molecular flexibility index (Phi) is 7.02. The summed E-state index contributed by atoms with van der Waals surface area (Å²) in [6, 6.07) is 5.65. The van der Waals surface area contributed by atoms with Gasteiger partial charge in [0.1, 0.15) is 5.75 Å². The maximum Gasteiger partial charge on any atom is 0.257 e. The van der Waals surface area contributed by atoms with Gasteiger partial charge in [-0.25, -0.2) is 0 Å². The van der Waals surface area contributed by atoms with Crippen LogP contribution in [0, 0.1) is 6.92 Å². The van der Waals surface area contributed by atoms with E-state index in [-0.39, 0.29) is 5.91 Å². The van der Waals surface area contributed by atoms with Crippen molar-refractivity contribution in [2.75, 3.05) is 53.0 Å². The fourth-order valence-electron chi connectivity index (χ4n) is 2.90. The summed E-state index contributed by atoms with van der Waals surface area (Å²) in [6.07, 6.45) is -0.482. The maximum atomic E-state index is 12.8. The molecule has 0 bridgehead atoms. The molecular weight excluding hydrogens is 308 g/mol. The third-order valence-electron chi connectivity index (χ3n) is 4.23.